The average Bonchev–Trinajstić information content (AvgIpc) is 2.34. The molecule has 0 aliphatic rings. The van der Waals surface area contributed by atoms with Crippen LogP contribution in [0.15, 0.2) is 24.3 Å². The molecule has 0 aliphatic heterocycles. The van der Waals surface area contributed by atoms with E-state index in [1.165, 1.54) is 5.56 Å². The quantitative estimate of drug-likeness (QED) is 0.791. The molecule has 0 aliphatic carbocycles. The molecule has 0 radical (unpaired) electrons. The zero-order valence-corrected chi connectivity index (χ0v) is 13.5. The van der Waals surface area contributed by atoms with E-state index in [2.05, 4.69) is 43.5 Å². The van der Waals surface area contributed by atoms with Crippen LogP contribution in [0.2, 0.25) is 0 Å². The summed E-state index contributed by atoms with van der Waals surface area (Å²) < 4.78 is 5.57. The van der Waals surface area contributed by atoms with E-state index in [1.807, 2.05) is 12.1 Å². The summed E-state index contributed by atoms with van der Waals surface area (Å²) in [5.74, 6) is 0.810. The van der Waals surface area contributed by atoms with Gasteiger partial charge in [0.1, 0.15) is 12.4 Å². The second-order valence-electron chi connectivity index (χ2n) is 5.50. The molecule has 1 rings (SSSR count). The van der Waals surface area contributed by atoms with Crippen LogP contribution >= 0.6 is 12.4 Å². The predicted octanol–water partition coefficient (Wildman–Crippen LogP) is 2.12. The summed E-state index contributed by atoms with van der Waals surface area (Å²) in [4.78, 5) is 11.2. The van der Waals surface area contributed by atoms with E-state index in [-0.39, 0.29) is 23.7 Å². The Morgan fingerprint density at radius 1 is 1.20 bits per heavy atom. The molecular weight excluding hydrogens is 276 g/mol. The van der Waals surface area contributed by atoms with E-state index in [4.69, 9.17) is 4.74 Å². The van der Waals surface area contributed by atoms with E-state index < -0.39 is 0 Å². The van der Waals surface area contributed by atoms with Gasteiger partial charge in [-0.2, -0.15) is 0 Å². The van der Waals surface area contributed by atoms with Gasteiger partial charge in [0.2, 0.25) is 5.91 Å². The Kier molecular flexibility index (Phi) is 8.26. The molecule has 20 heavy (non-hydrogen) atoms. The molecule has 0 fully saturated rings. The van der Waals surface area contributed by atoms with Crippen LogP contribution in [0.4, 0.5) is 0 Å². The molecular formula is C15H25ClN2O2. The smallest absolute Gasteiger partial charge is 0.234 e. The summed E-state index contributed by atoms with van der Waals surface area (Å²) in [5, 5.41) is 5.56. The van der Waals surface area contributed by atoms with Gasteiger partial charge in [-0.1, -0.05) is 32.9 Å². The molecule has 1 amide bonds. The van der Waals surface area contributed by atoms with Gasteiger partial charge in [-0.25, -0.2) is 0 Å². The lowest BCUT2D eigenvalue weighted by molar-refractivity contribution is -0.120. The Hall–Kier alpha value is -1.26. The standard InChI is InChI=1S/C15H24N2O2.ClH/c1-15(2,3)12-5-7-13(8-6-12)19-10-9-17-14(18)11-16-4;/h5-8,16H,9-11H2,1-4H3,(H,17,18);1H. The third kappa shape index (κ3) is 6.78. The van der Waals surface area contributed by atoms with Crippen LogP contribution in [-0.2, 0) is 10.2 Å². The van der Waals surface area contributed by atoms with Crippen LogP contribution in [0.5, 0.6) is 5.75 Å². The topological polar surface area (TPSA) is 50.4 Å². The fourth-order valence-electron chi connectivity index (χ4n) is 1.63. The van der Waals surface area contributed by atoms with Gasteiger partial charge in [-0.05, 0) is 30.2 Å². The largest absolute Gasteiger partial charge is 0.492 e. The maximum Gasteiger partial charge on any atom is 0.234 e. The van der Waals surface area contributed by atoms with Crippen LogP contribution in [0, 0.1) is 0 Å². The Bertz CT molecular complexity index is 399. The molecule has 0 spiro atoms. The third-order valence-corrected chi connectivity index (χ3v) is 2.75. The molecule has 114 valence electrons. The Balaban J connectivity index is 0.00000361. The number of rotatable bonds is 6. The molecule has 1 aromatic carbocycles. The normalized spacial score (nSPS) is 10.6. The first kappa shape index (κ1) is 18.7. The van der Waals surface area contributed by atoms with Crippen LogP contribution in [0.3, 0.4) is 0 Å². The number of amides is 1. The molecule has 0 saturated carbocycles. The summed E-state index contributed by atoms with van der Waals surface area (Å²) in [7, 11) is 1.74. The molecule has 0 unspecified atom stereocenters. The van der Waals surface area contributed by atoms with Crippen LogP contribution in [-0.4, -0.2) is 32.7 Å². The highest BCUT2D eigenvalue weighted by molar-refractivity contribution is 5.85. The maximum absolute atomic E-state index is 11.2. The lowest BCUT2D eigenvalue weighted by Crippen LogP contribution is -2.34. The van der Waals surface area contributed by atoms with E-state index in [0.717, 1.165) is 5.75 Å². The van der Waals surface area contributed by atoms with Gasteiger partial charge in [0.15, 0.2) is 0 Å². The van der Waals surface area contributed by atoms with E-state index in [1.54, 1.807) is 7.05 Å². The predicted molar refractivity (Wildman–Crippen MR) is 84.8 cm³/mol. The highest BCUT2D eigenvalue weighted by Crippen LogP contribution is 2.24. The average molecular weight is 301 g/mol. The minimum absolute atomic E-state index is 0. The first-order valence-corrected chi connectivity index (χ1v) is 6.58. The number of halogens is 1. The summed E-state index contributed by atoms with van der Waals surface area (Å²) in [6.07, 6.45) is 0. The van der Waals surface area contributed by atoms with Gasteiger partial charge in [-0.3, -0.25) is 4.79 Å². The van der Waals surface area contributed by atoms with Crippen molar-refractivity contribution in [3.63, 3.8) is 0 Å². The van der Waals surface area contributed by atoms with Crippen molar-refractivity contribution in [2.45, 2.75) is 26.2 Å². The van der Waals surface area contributed by atoms with Gasteiger partial charge in [-0.15, -0.1) is 12.4 Å². The number of nitrogens with one attached hydrogen (secondary N) is 2. The SMILES string of the molecule is CNCC(=O)NCCOc1ccc(C(C)(C)C)cc1.Cl. The number of likely N-dealkylation sites (N-methyl/N-ethyl adjacent to an activating group) is 1. The van der Waals surface area contributed by atoms with E-state index in [9.17, 15) is 4.79 Å². The van der Waals surface area contributed by atoms with E-state index >= 15 is 0 Å². The number of hydrogen-bond donors (Lipinski definition) is 2. The van der Waals surface area contributed by atoms with Gasteiger partial charge >= 0.3 is 0 Å². The van der Waals surface area contributed by atoms with Crippen LogP contribution in [0.25, 0.3) is 0 Å². The van der Waals surface area contributed by atoms with Gasteiger partial charge in [0.05, 0.1) is 13.1 Å². The molecule has 0 saturated heterocycles. The van der Waals surface area contributed by atoms with Gasteiger partial charge < -0.3 is 15.4 Å². The van der Waals surface area contributed by atoms with Gasteiger partial charge in [0.25, 0.3) is 0 Å². The molecule has 5 heteroatoms. The Morgan fingerprint density at radius 2 is 1.80 bits per heavy atom. The highest BCUT2D eigenvalue weighted by Gasteiger charge is 2.12. The fraction of sp³-hybridized carbons (Fsp3) is 0.533. The van der Waals surface area contributed by atoms with Crippen molar-refractivity contribution in [2.75, 3.05) is 26.7 Å². The Labute approximate surface area is 127 Å². The lowest BCUT2D eigenvalue weighted by atomic mass is 9.87. The number of carbonyl (C=O) groups excluding carboxylic acids is 1. The van der Waals surface area contributed by atoms with Crippen molar-refractivity contribution >= 4 is 18.3 Å². The van der Waals surface area contributed by atoms with Crippen molar-refractivity contribution in [1.29, 1.82) is 0 Å². The number of ether oxygens (including phenoxy) is 1. The molecule has 0 heterocycles. The van der Waals surface area contributed by atoms with E-state index in [0.29, 0.717) is 19.7 Å². The minimum atomic E-state index is -0.0193. The van der Waals surface area contributed by atoms with Crippen molar-refractivity contribution in [3.8, 4) is 5.75 Å². The summed E-state index contributed by atoms with van der Waals surface area (Å²) in [5.41, 5.74) is 1.43. The molecule has 4 nitrogen and oxygen atoms in total. The summed E-state index contributed by atoms with van der Waals surface area (Å²) in [6.45, 7) is 7.87. The molecule has 2 N–H and O–H groups in total. The summed E-state index contributed by atoms with van der Waals surface area (Å²) >= 11 is 0. The zero-order valence-electron chi connectivity index (χ0n) is 12.7. The molecule has 0 aromatic heterocycles. The van der Waals surface area contributed by atoms with Crippen molar-refractivity contribution in [3.05, 3.63) is 29.8 Å². The van der Waals surface area contributed by atoms with Crippen LogP contribution in [0.1, 0.15) is 26.3 Å². The first-order valence-electron chi connectivity index (χ1n) is 6.58. The lowest BCUT2D eigenvalue weighted by Gasteiger charge is -2.19. The highest BCUT2D eigenvalue weighted by atomic mass is 35.5. The zero-order chi connectivity index (χ0) is 14.3. The maximum atomic E-state index is 11.2. The number of benzene rings is 1. The molecule has 0 atom stereocenters. The number of carbonyl (C=O) groups is 1. The molecule has 0 bridgehead atoms. The van der Waals surface area contributed by atoms with Crippen molar-refractivity contribution in [1.82, 2.24) is 10.6 Å². The Morgan fingerprint density at radius 3 is 2.30 bits per heavy atom. The second-order valence-corrected chi connectivity index (χ2v) is 5.50. The third-order valence-electron chi connectivity index (χ3n) is 2.75. The summed E-state index contributed by atoms with van der Waals surface area (Å²) in [6, 6.07) is 8.09. The second kappa shape index (κ2) is 8.82. The van der Waals surface area contributed by atoms with Gasteiger partial charge in [0, 0.05) is 0 Å². The minimum Gasteiger partial charge on any atom is -0.492 e. The van der Waals surface area contributed by atoms with Crippen LogP contribution < -0.4 is 15.4 Å². The fourth-order valence-corrected chi connectivity index (χ4v) is 1.63. The first-order chi connectivity index (χ1) is 8.93. The number of hydrogen-bond acceptors (Lipinski definition) is 3. The van der Waals surface area contributed by atoms with Crippen molar-refractivity contribution < 1.29 is 9.53 Å². The monoisotopic (exact) mass is 300 g/mol. The molecule has 1 aromatic rings. The van der Waals surface area contributed by atoms with Crippen molar-refractivity contribution in [2.24, 2.45) is 0 Å².